The molecule has 4 rings (SSSR count). The van der Waals surface area contributed by atoms with Crippen LogP contribution < -0.4 is 15.5 Å². The predicted octanol–water partition coefficient (Wildman–Crippen LogP) is 1.69. The van der Waals surface area contributed by atoms with E-state index in [1.165, 1.54) is 0 Å². The topological polar surface area (TPSA) is 94.6 Å². The van der Waals surface area contributed by atoms with Crippen LogP contribution >= 0.6 is 0 Å². The van der Waals surface area contributed by atoms with Gasteiger partial charge in [-0.15, -0.1) is 0 Å². The molecule has 8 heteroatoms. The van der Waals surface area contributed by atoms with E-state index in [1.807, 2.05) is 37.1 Å². The number of nitrogens with one attached hydrogen (secondary N) is 2. The molecule has 0 spiro atoms. The fourth-order valence-electron chi connectivity index (χ4n) is 3.75. The second-order valence-electron chi connectivity index (χ2n) is 7.60. The van der Waals surface area contributed by atoms with Crippen LogP contribution in [0.4, 0.5) is 11.5 Å². The molecule has 1 aromatic carbocycles. The van der Waals surface area contributed by atoms with E-state index in [9.17, 15) is 14.4 Å². The smallest absolute Gasteiger partial charge is 0.256 e. The van der Waals surface area contributed by atoms with Crippen LogP contribution in [0.15, 0.2) is 36.4 Å². The standard InChI is InChI=1S/C21H23N5O3/c1-12-4-9-16-19(22-12)26(3)18(24-21(16)29)13-5-7-15(8-6-13)23-20(28)14-10-17(27)25(2)11-14/h4-9,14,18H,10-11H2,1-3H3,(H,23,28)(H,24,29)/t14-,18+/m1/s1. The number of aromatic nitrogens is 1. The first-order chi connectivity index (χ1) is 13.8. The summed E-state index contributed by atoms with van der Waals surface area (Å²) in [5.74, 6) is -0.0243. The van der Waals surface area contributed by atoms with E-state index in [-0.39, 0.29) is 36.2 Å². The number of benzene rings is 1. The highest BCUT2D eigenvalue weighted by atomic mass is 16.2. The third kappa shape index (κ3) is 3.53. The Hall–Kier alpha value is -3.42. The number of fused-ring (bicyclic) bond motifs is 1. The number of rotatable bonds is 3. The van der Waals surface area contributed by atoms with Crippen LogP contribution in [0.5, 0.6) is 0 Å². The summed E-state index contributed by atoms with van der Waals surface area (Å²) in [4.78, 5) is 44.5. The molecule has 2 N–H and O–H groups in total. The highest BCUT2D eigenvalue weighted by Crippen LogP contribution is 2.31. The van der Waals surface area contributed by atoms with Crippen molar-refractivity contribution in [1.29, 1.82) is 0 Å². The number of carbonyl (C=O) groups is 3. The summed E-state index contributed by atoms with van der Waals surface area (Å²) in [7, 11) is 3.59. The first-order valence-electron chi connectivity index (χ1n) is 9.49. The molecule has 29 heavy (non-hydrogen) atoms. The summed E-state index contributed by atoms with van der Waals surface area (Å²) < 4.78 is 0. The number of hydrogen-bond donors (Lipinski definition) is 2. The van der Waals surface area contributed by atoms with Crippen molar-refractivity contribution in [3.63, 3.8) is 0 Å². The number of nitrogens with zero attached hydrogens (tertiary/aromatic N) is 3. The summed E-state index contributed by atoms with van der Waals surface area (Å²) >= 11 is 0. The normalized spacial score (nSPS) is 21.1. The second-order valence-corrected chi connectivity index (χ2v) is 7.60. The summed E-state index contributed by atoms with van der Waals surface area (Å²) in [5.41, 5.74) is 2.93. The maximum atomic E-state index is 12.5. The highest BCUT2D eigenvalue weighted by molar-refractivity contribution is 6.01. The van der Waals surface area contributed by atoms with Gasteiger partial charge in [0.1, 0.15) is 12.0 Å². The highest BCUT2D eigenvalue weighted by Gasteiger charge is 2.33. The molecule has 2 aliphatic heterocycles. The molecule has 3 amide bonds. The van der Waals surface area contributed by atoms with Crippen molar-refractivity contribution < 1.29 is 14.4 Å². The molecule has 2 atom stereocenters. The van der Waals surface area contributed by atoms with Gasteiger partial charge in [0.2, 0.25) is 11.8 Å². The summed E-state index contributed by atoms with van der Waals surface area (Å²) in [6, 6.07) is 10.9. The van der Waals surface area contributed by atoms with Crippen LogP contribution in [0, 0.1) is 12.8 Å². The molecule has 8 nitrogen and oxygen atoms in total. The maximum Gasteiger partial charge on any atom is 0.256 e. The second kappa shape index (κ2) is 7.20. The minimum Gasteiger partial charge on any atom is -0.345 e. The molecule has 1 fully saturated rings. The van der Waals surface area contributed by atoms with Crippen LogP contribution in [0.1, 0.15) is 34.2 Å². The fraction of sp³-hybridized carbons (Fsp3) is 0.333. The van der Waals surface area contributed by atoms with Crippen LogP contribution in [0.2, 0.25) is 0 Å². The van der Waals surface area contributed by atoms with Gasteiger partial charge in [-0.2, -0.15) is 0 Å². The van der Waals surface area contributed by atoms with Crippen molar-refractivity contribution in [3.05, 3.63) is 53.2 Å². The third-order valence-corrected chi connectivity index (χ3v) is 5.45. The Morgan fingerprint density at radius 2 is 1.86 bits per heavy atom. The van der Waals surface area contributed by atoms with Crippen LogP contribution in [0.25, 0.3) is 0 Å². The summed E-state index contributed by atoms with van der Waals surface area (Å²) in [5, 5.41) is 5.86. The Bertz CT molecular complexity index is 988. The summed E-state index contributed by atoms with van der Waals surface area (Å²) in [6.45, 7) is 2.33. The van der Waals surface area contributed by atoms with Crippen LogP contribution in [-0.4, -0.2) is 48.2 Å². The van der Waals surface area contributed by atoms with E-state index < -0.39 is 0 Å². The van der Waals surface area contributed by atoms with Gasteiger partial charge in [-0.25, -0.2) is 4.98 Å². The lowest BCUT2D eigenvalue weighted by molar-refractivity contribution is -0.127. The van der Waals surface area contributed by atoms with Gasteiger partial charge in [-0.3, -0.25) is 14.4 Å². The zero-order chi connectivity index (χ0) is 20.7. The van der Waals surface area contributed by atoms with Gasteiger partial charge < -0.3 is 20.4 Å². The number of hydrogen-bond acceptors (Lipinski definition) is 5. The Balaban J connectivity index is 1.49. The zero-order valence-electron chi connectivity index (χ0n) is 16.6. The quantitative estimate of drug-likeness (QED) is 0.828. The molecule has 2 aromatic rings. The van der Waals surface area contributed by atoms with E-state index in [1.54, 1.807) is 30.1 Å². The Labute approximate surface area is 168 Å². The summed E-state index contributed by atoms with van der Waals surface area (Å²) in [6.07, 6.45) is -0.110. The van der Waals surface area contributed by atoms with Crippen molar-refractivity contribution in [1.82, 2.24) is 15.2 Å². The lowest BCUT2D eigenvalue weighted by atomic mass is 10.1. The van der Waals surface area contributed by atoms with E-state index in [0.29, 0.717) is 23.6 Å². The van der Waals surface area contributed by atoms with Crippen molar-refractivity contribution in [2.24, 2.45) is 5.92 Å². The molecular formula is C21H23N5O3. The van der Waals surface area contributed by atoms with E-state index >= 15 is 0 Å². The number of likely N-dealkylation sites (tertiary alicyclic amines) is 1. The molecule has 3 heterocycles. The molecule has 0 aliphatic carbocycles. The number of carbonyl (C=O) groups excluding carboxylic acids is 3. The molecule has 0 saturated carbocycles. The largest absolute Gasteiger partial charge is 0.345 e. The molecule has 150 valence electrons. The number of anilines is 2. The van der Waals surface area contributed by atoms with Crippen molar-refractivity contribution in [3.8, 4) is 0 Å². The van der Waals surface area contributed by atoms with Gasteiger partial charge in [-0.1, -0.05) is 12.1 Å². The van der Waals surface area contributed by atoms with E-state index in [0.717, 1.165) is 11.3 Å². The maximum absolute atomic E-state index is 12.5. The zero-order valence-corrected chi connectivity index (χ0v) is 16.6. The Morgan fingerprint density at radius 3 is 2.52 bits per heavy atom. The number of pyridine rings is 1. The molecule has 1 aromatic heterocycles. The number of aryl methyl sites for hydroxylation is 1. The minimum absolute atomic E-state index is 0.0132. The van der Waals surface area contributed by atoms with Gasteiger partial charge >= 0.3 is 0 Å². The average molecular weight is 393 g/mol. The molecule has 2 aliphatic rings. The lowest BCUT2D eigenvalue weighted by Gasteiger charge is -2.35. The first kappa shape index (κ1) is 18.9. The van der Waals surface area contributed by atoms with Crippen LogP contribution in [0.3, 0.4) is 0 Å². The average Bonchev–Trinajstić information content (AvgIpc) is 3.04. The Kier molecular flexibility index (Phi) is 4.70. The lowest BCUT2D eigenvalue weighted by Crippen LogP contribution is -2.45. The fourth-order valence-corrected chi connectivity index (χ4v) is 3.75. The molecule has 0 radical (unpaired) electrons. The first-order valence-corrected chi connectivity index (χ1v) is 9.49. The SMILES string of the molecule is Cc1ccc2c(n1)N(C)[C@@H](c1ccc(NC(=O)[C@@H]3CC(=O)N(C)C3)cc1)NC2=O. The van der Waals surface area contributed by atoms with Crippen LogP contribution in [-0.2, 0) is 9.59 Å². The van der Waals surface area contributed by atoms with Crippen molar-refractivity contribution in [2.75, 3.05) is 30.9 Å². The van der Waals surface area contributed by atoms with Crippen molar-refractivity contribution >= 4 is 29.2 Å². The molecule has 1 saturated heterocycles. The van der Waals surface area contributed by atoms with Crippen molar-refractivity contribution in [2.45, 2.75) is 19.5 Å². The number of amides is 3. The van der Waals surface area contributed by atoms with Gasteiger partial charge in [0.05, 0.1) is 11.5 Å². The van der Waals surface area contributed by atoms with Gasteiger partial charge in [0.25, 0.3) is 5.91 Å². The van der Waals surface area contributed by atoms with Gasteiger partial charge in [0, 0.05) is 38.4 Å². The van der Waals surface area contributed by atoms with E-state index in [4.69, 9.17) is 0 Å². The predicted molar refractivity (Wildman–Crippen MR) is 108 cm³/mol. The van der Waals surface area contributed by atoms with Gasteiger partial charge in [0.15, 0.2) is 0 Å². The molecule has 0 unspecified atom stereocenters. The van der Waals surface area contributed by atoms with E-state index in [2.05, 4.69) is 15.6 Å². The monoisotopic (exact) mass is 393 g/mol. The third-order valence-electron chi connectivity index (χ3n) is 5.45. The minimum atomic E-state index is -0.352. The molecular weight excluding hydrogens is 370 g/mol. The van der Waals surface area contributed by atoms with Gasteiger partial charge in [-0.05, 0) is 36.8 Å². The molecule has 0 bridgehead atoms. The Morgan fingerprint density at radius 1 is 1.14 bits per heavy atom.